The lowest BCUT2D eigenvalue weighted by Crippen LogP contribution is -2.40. The van der Waals surface area contributed by atoms with Gasteiger partial charge in [0.2, 0.25) is 5.88 Å². The number of halogens is 2. The predicted molar refractivity (Wildman–Crippen MR) is 124 cm³/mol. The van der Waals surface area contributed by atoms with Gasteiger partial charge in [0.1, 0.15) is 22.9 Å². The first-order valence-corrected chi connectivity index (χ1v) is 10.2. The Hall–Kier alpha value is -3.65. The van der Waals surface area contributed by atoms with Crippen LogP contribution >= 0.6 is 11.6 Å². The Morgan fingerprint density at radius 3 is 2.59 bits per heavy atom. The summed E-state index contributed by atoms with van der Waals surface area (Å²) in [4.78, 5) is 21.1. The zero-order valence-electron chi connectivity index (χ0n) is 17.7. The molecule has 0 atom stereocenters. The van der Waals surface area contributed by atoms with E-state index < -0.39 is 11.4 Å². The largest absolute Gasteiger partial charge is 0.436 e. The molecule has 4 N–H and O–H groups in total. The molecule has 164 valence electrons. The van der Waals surface area contributed by atoms with Crippen molar-refractivity contribution in [1.29, 1.82) is 0 Å². The van der Waals surface area contributed by atoms with Gasteiger partial charge in [0, 0.05) is 29.2 Å². The first kappa shape index (κ1) is 21.6. The zero-order chi connectivity index (χ0) is 23.0. The molecule has 1 aromatic carbocycles. The summed E-state index contributed by atoms with van der Waals surface area (Å²) in [6.07, 6.45) is 3.16. The number of anilines is 3. The molecule has 0 radical (unpaired) electrons. The Kier molecular flexibility index (Phi) is 5.48. The summed E-state index contributed by atoms with van der Waals surface area (Å²) in [5.74, 6) is -0.673. The maximum absolute atomic E-state index is 13.5. The van der Waals surface area contributed by atoms with Crippen LogP contribution in [0.3, 0.4) is 0 Å². The van der Waals surface area contributed by atoms with Crippen molar-refractivity contribution in [2.24, 2.45) is 0 Å². The minimum atomic E-state index is -0.516. The van der Waals surface area contributed by atoms with Crippen molar-refractivity contribution in [3.63, 3.8) is 0 Å². The number of fused-ring (bicyclic) bond motifs is 1. The van der Waals surface area contributed by atoms with Gasteiger partial charge in [-0.3, -0.25) is 14.8 Å². The normalized spacial score (nSPS) is 11.5. The number of aromatic nitrogens is 2. The van der Waals surface area contributed by atoms with Crippen molar-refractivity contribution in [1.82, 2.24) is 15.3 Å². The van der Waals surface area contributed by atoms with Crippen LogP contribution in [-0.2, 0) is 0 Å². The third-order valence-electron chi connectivity index (χ3n) is 4.58. The van der Waals surface area contributed by atoms with Gasteiger partial charge < -0.3 is 20.8 Å². The first-order chi connectivity index (χ1) is 15.1. The summed E-state index contributed by atoms with van der Waals surface area (Å²) in [5.41, 5.74) is 8.63. The molecule has 7 nitrogen and oxygen atoms in total. The second-order valence-corrected chi connectivity index (χ2v) is 8.67. The van der Waals surface area contributed by atoms with Crippen LogP contribution < -0.4 is 16.4 Å². The lowest BCUT2D eigenvalue weighted by atomic mass is 10.1. The maximum Gasteiger partial charge on any atom is 0.270 e. The molecule has 0 saturated carbocycles. The number of hydrogen-bond donors (Lipinski definition) is 3. The summed E-state index contributed by atoms with van der Waals surface area (Å²) in [7, 11) is 0. The van der Waals surface area contributed by atoms with Crippen LogP contribution in [0.25, 0.3) is 22.2 Å². The summed E-state index contributed by atoms with van der Waals surface area (Å²) in [6, 6.07) is 9.40. The van der Waals surface area contributed by atoms with Crippen molar-refractivity contribution in [3.8, 4) is 11.3 Å². The van der Waals surface area contributed by atoms with E-state index in [1.54, 1.807) is 36.7 Å². The predicted octanol–water partition coefficient (Wildman–Crippen LogP) is 5.54. The third-order valence-corrected chi connectivity index (χ3v) is 4.87. The van der Waals surface area contributed by atoms with E-state index in [2.05, 4.69) is 20.6 Å². The average Bonchev–Trinajstić information content (AvgIpc) is 3.05. The maximum atomic E-state index is 13.5. The molecule has 0 saturated heterocycles. The number of carbonyl (C=O) groups excluding carboxylic acids is 1. The summed E-state index contributed by atoms with van der Waals surface area (Å²) in [5, 5.41) is 6.67. The van der Waals surface area contributed by atoms with E-state index in [0.717, 1.165) is 0 Å². The number of nitrogens with zero attached hydrogens (tertiary/aromatic N) is 2. The number of pyridine rings is 2. The second-order valence-electron chi connectivity index (χ2n) is 8.27. The summed E-state index contributed by atoms with van der Waals surface area (Å²) >= 11 is 5.88. The number of hydrogen-bond acceptors (Lipinski definition) is 6. The van der Waals surface area contributed by atoms with Crippen molar-refractivity contribution >= 4 is 45.7 Å². The van der Waals surface area contributed by atoms with Gasteiger partial charge in [0.05, 0.1) is 10.4 Å². The van der Waals surface area contributed by atoms with Gasteiger partial charge >= 0.3 is 0 Å². The lowest BCUT2D eigenvalue weighted by molar-refractivity contribution is 0.0914. The van der Waals surface area contributed by atoms with Gasteiger partial charge in [0.15, 0.2) is 5.58 Å². The Morgan fingerprint density at radius 2 is 1.88 bits per heavy atom. The number of furan rings is 1. The summed E-state index contributed by atoms with van der Waals surface area (Å²) < 4.78 is 19.3. The number of rotatable bonds is 4. The van der Waals surface area contributed by atoms with Crippen LogP contribution in [0.2, 0.25) is 5.02 Å². The number of benzene rings is 1. The summed E-state index contributed by atoms with van der Waals surface area (Å²) in [6.45, 7) is 5.68. The molecule has 0 aliphatic rings. The van der Waals surface area contributed by atoms with Crippen LogP contribution in [0.5, 0.6) is 0 Å². The van der Waals surface area contributed by atoms with Gasteiger partial charge in [-0.2, -0.15) is 0 Å². The molecule has 32 heavy (non-hydrogen) atoms. The minimum Gasteiger partial charge on any atom is -0.436 e. The molecular weight excluding hydrogens is 433 g/mol. The Labute approximate surface area is 188 Å². The van der Waals surface area contributed by atoms with E-state index in [4.69, 9.17) is 21.8 Å². The molecule has 9 heteroatoms. The van der Waals surface area contributed by atoms with Crippen LogP contribution in [0.4, 0.5) is 21.6 Å². The second kappa shape index (κ2) is 8.12. The van der Waals surface area contributed by atoms with Crippen molar-refractivity contribution < 1.29 is 13.6 Å². The van der Waals surface area contributed by atoms with Gasteiger partial charge in [0.25, 0.3) is 5.91 Å². The smallest absolute Gasteiger partial charge is 0.270 e. The van der Waals surface area contributed by atoms with E-state index in [-0.39, 0.29) is 22.5 Å². The molecule has 1 amide bonds. The number of amides is 1. The molecule has 0 fully saturated rings. The highest BCUT2D eigenvalue weighted by Crippen LogP contribution is 2.39. The Bertz CT molecular complexity index is 1330. The molecule has 4 aromatic rings. The van der Waals surface area contributed by atoms with Crippen LogP contribution in [0, 0.1) is 5.82 Å². The van der Waals surface area contributed by atoms with Crippen LogP contribution in [0.15, 0.2) is 53.2 Å². The van der Waals surface area contributed by atoms with E-state index in [1.165, 1.54) is 12.1 Å². The molecule has 4 rings (SSSR count). The lowest BCUT2D eigenvalue weighted by Gasteiger charge is -2.20. The Balaban J connectivity index is 1.74. The fourth-order valence-corrected chi connectivity index (χ4v) is 3.38. The molecule has 0 unspecified atom stereocenters. The number of carbonyl (C=O) groups is 1. The SMILES string of the molecule is CC(C)(C)NC(=O)c1cc(-c2nccc3c(Nc4ccc(F)c(Cl)c4)c(N)oc23)ccn1. The highest BCUT2D eigenvalue weighted by molar-refractivity contribution is 6.31. The molecule has 0 aliphatic heterocycles. The molecule has 0 spiro atoms. The average molecular weight is 454 g/mol. The molecule has 3 heterocycles. The van der Waals surface area contributed by atoms with E-state index in [9.17, 15) is 9.18 Å². The van der Waals surface area contributed by atoms with E-state index >= 15 is 0 Å². The highest BCUT2D eigenvalue weighted by Gasteiger charge is 2.20. The van der Waals surface area contributed by atoms with Gasteiger partial charge in [-0.25, -0.2) is 4.39 Å². The highest BCUT2D eigenvalue weighted by atomic mass is 35.5. The fourth-order valence-electron chi connectivity index (χ4n) is 3.20. The third kappa shape index (κ3) is 4.36. The molecule has 0 bridgehead atoms. The molecule has 3 aromatic heterocycles. The van der Waals surface area contributed by atoms with Crippen LogP contribution in [-0.4, -0.2) is 21.4 Å². The Morgan fingerprint density at radius 1 is 1.12 bits per heavy atom. The van der Waals surface area contributed by atoms with Gasteiger partial charge in [-0.05, 0) is 57.2 Å². The number of nitrogens with two attached hydrogens (primary N) is 1. The quantitative estimate of drug-likeness (QED) is 0.374. The molecular formula is C23H21ClFN5O2. The van der Waals surface area contributed by atoms with E-state index in [1.807, 2.05) is 20.8 Å². The standard InChI is InChI=1S/C23H21ClFN5O2/c1-23(2,3)30-22(31)17-10-12(6-8-27-17)18-20-14(7-9-28-18)19(21(26)32-20)29-13-4-5-16(25)15(24)11-13/h4-11,29H,26H2,1-3H3,(H,30,31). The molecule has 0 aliphatic carbocycles. The fraction of sp³-hybridized carbons (Fsp3) is 0.174. The zero-order valence-corrected chi connectivity index (χ0v) is 18.4. The van der Waals surface area contributed by atoms with Crippen molar-refractivity contribution in [2.75, 3.05) is 11.1 Å². The van der Waals surface area contributed by atoms with Crippen molar-refractivity contribution in [3.05, 3.63) is 65.3 Å². The van der Waals surface area contributed by atoms with Gasteiger partial charge in [-0.15, -0.1) is 0 Å². The van der Waals surface area contributed by atoms with Gasteiger partial charge in [-0.1, -0.05) is 11.6 Å². The minimum absolute atomic E-state index is 0.0124. The van der Waals surface area contributed by atoms with Crippen LogP contribution in [0.1, 0.15) is 31.3 Å². The number of nitrogens with one attached hydrogen (secondary N) is 2. The monoisotopic (exact) mass is 453 g/mol. The topological polar surface area (TPSA) is 106 Å². The van der Waals surface area contributed by atoms with E-state index in [0.29, 0.717) is 33.6 Å². The van der Waals surface area contributed by atoms with Crippen molar-refractivity contribution in [2.45, 2.75) is 26.3 Å². The number of nitrogen functional groups attached to an aromatic ring is 1. The first-order valence-electron chi connectivity index (χ1n) is 9.80.